The van der Waals surface area contributed by atoms with Crippen molar-refractivity contribution in [2.45, 2.75) is 0 Å². The predicted octanol–water partition coefficient (Wildman–Crippen LogP) is -1.76. The van der Waals surface area contributed by atoms with Crippen LogP contribution in [0, 0.1) is 6.07 Å². The quantitative estimate of drug-likeness (QED) is 0.404. The number of hydrogen-bond donors (Lipinski definition) is 0. The Bertz CT molecular complexity index is 255. The van der Waals surface area contributed by atoms with Crippen LogP contribution in [0.5, 0.6) is 0 Å². The molecule has 1 fully saturated rings. The zero-order valence-electron chi connectivity index (χ0n) is 9.03. The third-order valence-corrected chi connectivity index (χ3v) is 2.56. The largest absolute Gasteiger partial charge is 1.00 e. The number of benzene rings is 1. The molecule has 1 aromatic rings. The maximum absolute atomic E-state index is 3.11. The van der Waals surface area contributed by atoms with Crippen molar-refractivity contribution in [1.82, 2.24) is 4.90 Å². The van der Waals surface area contributed by atoms with Crippen molar-refractivity contribution < 1.29 is 51.4 Å². The van der Waals surface area contributed by atoms with Crippen LogP contribution in [-0.2, 0) is 0 Å². The smallest absolute Gasteiger partial charge is 0.421 e. The summed E-state index contributed by atoms with van der Waals surface area (Å²) in [5, 5.41) is 0. The van der Waals surface area contributed by atoms with E-state index in [-0.39, 0.29) is 51.4 Å². The molecule has 1 aliphatic rings. The summed E-state index contributed by atoms with van der Waals surface area (Å²) in [6.45, 7) is 4.59. The monoisotopic (exact) mass is 214 g/mol. The minimum atomic E-state index is 0. The van der Waals surface area contributed by atoms with Gasteiger partial charge in [-0.1, -0.05) is 5.69 Å². The Hall–Kier alpha value is 0.616. The Labute approximate surface area is 129 Å². The predicted molar refractivity (Wildman–Crippen MR) is 55.0 cm³/mol. The van der Waals surface area contributed by atoms with Gasteiger partial charge in [0.15, 0.2) is 0 Å². The number of nitrogens with zero attached hydrogens (tertiary/aromatic N) is 2. The SMILES string of the molecule is CN1CCN(c2c[c-]ccc2)CC1.[K+]. The number of likely N-dealkylation sites (N-methyl/N-ethyl adjacent to an activating group) is 1. The molecule has 0 radical (unpaired) electrons. The van der Waals surface area contributed by atoms with Crippen LogP contribution in [0.3, 0.4) is 0 Å². The number of piperazine rings is 1. The summed E-state index contributed by atoms with van der Waals surface area (Å²) in [4.78, 5) is 4.78. The van der Waals surface area contributed by atoms with Gasteiger partial charge in [0, 0.05) is 26.2 Å². The minimum Gasteiger partial charge on any atom is -0.421 e. The van der Waals surface area contributed by atoms with Crippen LogP contribution in [0.15, 0.2) is 24.3 Å². The molecule has 0 atom stereocenters. The third-order valence-electron chi connectivity index (χ3n) is 2.56. The molecule has 2 rings (SSSR count). The summed E-state index contributed by atoms with van der Waals surface area (Å²) < 4.78 is 0. The van der Waals surface area contributed by atoms with E-state index in [2.05, 4.69) is 35.0 Å². The van der Waals surface area contributed by atoms with Crippen molar-refractivity contribution >= 4 is 5.69 Å². The summed E-state index contributed by atoms with van der Waals surface area (Å²) in [6, 6.07) is 11.3. The Morgan fingerprint density at radius 2 is 1.93 bits per heavy atom. The fourth-order valence-corrected chi connectivity index (χ4v) is 1.65. The van der Waals surface area contributed by atoms with Crippen molar-refractivity contribution in [2.24, 2.45) is 0 Å². The summed E-state index contributed by atoms with van der Waals surface area (Å²) >= 11 is 0. The average molecular weight is 214 g/mol. The Balaban J connectivity index is 0.000000980. The third kappa shape index (κ3) is 3.33. The molecule has 0 saturated carbocycles. The number of hydrogen-bond acceptors (Lipinski definition) is 2. The van der Waals surface area contributed by atoms with Gasteiger partial charge in [-0.3, -0.25) is 0 Å². The molecule has 1 heterocycles. The second-order valence-electron chi connectivity index (χ2n) is 3.55. The van der Waals surface area contributed by atoms with E-state index in [1.54, 1.807) is 0 Å². The molecule has 0 spiro atoms. The molecule has 3 heteroatoms. The molecule has 1 aliphatic heterocycles. The van der Waals surface area contributed by atoms with E-state index >= 15 is 0 Å². The van der Waals surface area contributed by atoms with Crippen molar-refractivity contribution in [2.75, 3.05) is 38.1 Å². The fourth-order valence-electron chi connectivity index (χ4n) is 1.65. The second kappa shape index (κ2) is 6.25. The van der Waals surface area contributed by atoms with Gasteiger partial charge in [-0.25, -0.2) is 0 Å². The Morgan fingerprint density at radius 1 is 1.21 bits per heavy atom. The maximum Gasteiger partial charge on any atom is 1.00 e. The van der Waals surface area contributed by atoms with Crippen LogP contribution in [0.4, 0.5) is 5.69 Å². The number of rotatable bonds is 1. The molecule has 2 nitrogen and oxygen atoms in total. The average Bonchev–Trinajstić information content (AvgIpc) is 2.20. The molecule has 0 aromatic heterocycles. The van der Waals surface area contributed by atoms with E-state index in [0.29, 0.717) is 0 Å². The van der Waals surface area contributed by atoms with Gasteiger partial charge in [0.05, 0.1) is 0 Å². The van der Waals surface area contributed by atoms with Gasteiger partial charge in [-0.2, -0.15) is 24.3 Å². The first-order valence-electron chi connectivity index (χ1n) is 4.76. The van der Waals surface area contributed by atoms with Gasteiger partial charge in [0.2, 0.25) is 0 Å². The van der Waals surface area contributed by atoms with Crippen LogP contribution in [-0.4, -0.2) is 38.1 Å². The van der Waals surface area contributed by atoms with Crippen LogP contribution in [0.1, 0.15) is 0 Å². The van der Waals surface area contributed by atoms with E-state index in [1.807, 2.05) is 12.1 Å². The van der Waals surface area contributed by atoms with E-state index in [4.69, 9.17) is 0 Å². The van der Waals surface area contributed by atoms with E-state index in [0.717, 1.165) is 26.2 Å². The van der Waals surface area contributed by atoms with E-state index in [1.165, 1.54) is 5.69 Å². The van der Waals surface area contributed by atoms with Crippen LogP contribution in [0.25, 0.3) is 0 Å². The van der Waals surface area contributed by atoms with Crippen molar-refractivity contribution in [3.63, 3.8) is 0 Å². The fraction of sp³-hybridized carbons (Fsp3) is 0.455. The maximum atomic E-state index is 3.11. The standard InChI is InChI=1S/C11H15N2.K/c1-12-7-9-13(10-8-12)11-5-3-2-4-6-11;/h2-3,5-6H,7-10H2,1H3;/q-1;+1. The normalized spacial score (nSPS) is 17.6. The van der Waals surface area contributed by atoms with Gasteiger partial charge in [0.25, 0.3) is 0 Å². The van der Waals surface area contributed by atoms with Crippen LogP contribution < -0.4 is 56.3 Å². The van der Waals surface area contributed by atoms with Gasteiger partial charge in [0.1, 0.15) is 0 Å². The van der Waals surface area contributed by atoms with Gasteiger partial charge in [-0.05, 0) is 7.05 Å². The molecule has 0 aliphatic carbocycles. The zero-order valence-corrected chi connectivity index (χ0v) is 12.2. The van der Waals surface area contributed by atoms with Crippen LogP contribution in [0.2, 0.25) is 0 Å². The first kappa shape index (κ1) is 12.7. The van der Waals surface area contributed by atoms with Gasteiger partial charge < -0.3 is 9.80 Å². The first-order chi connectivity index (χ1) is 6.36. The van der Waals surface area contributed by atoms with Crippen molar-refractivity contribution in [3.8, 4) is 0 Å². The Kier molecular flexibility index (Phi) is 5.67. The molecule has 1 saturated heterocycles. The van der Waals surface area contributed by atoms with Gasteiger partial charge in [-0.15, -0.1) is 6.07 Å². The molecule has 0 N–H and O–H groups in total. The second-order valence-corrected chi connectivity index (χ2v) is 3.55. The van der Waals surface area contributed by atoms with Crippen LogP contribution >= 0.6 is 0 Å². The van der Waals surface area contributed by atoms with Gasteiger partial charge >= 0.3 is 51.4 Å². The molecule has 14 heavy (non-hydrogen) atoms. The van der Waals surface area contributed by atoms with E-state index in [9.17, 15) is 0 Å². The molecular formula is C11H15KN2. The molecule has 0 bridgehead atoms. The molecule has 70 valence electrons. The Morgan fingerprint density at radius 3 is 2.50 bits per heavy atom. The summed E-state index contributed by atoms with van der Waals surface area (Å²) in [7, 11) is 2.18. The molecule has 0 amide bonds. The molecular weight excluding hydrogens is 199 g/mol. The summed E-state index contributed by atoms with van der Waals surface area (Å²) in [5.74, 6) is 0. The van der Waals surface area contributed by atoms with Crippen molar-refractivity contribution in [1.29, 1.82) is 0 Å². The van der Waals surface area contributed by atoms with Crippen molar-refractivity contribution in [3.05, 3.63) is 30.3 Å². The molecule has 0 unspecified atom stereocenters. The summed E-state index contributed by atoms with van der Waals surface area (Å²) in [6.07, 6.45) is 0. The zero-order chi connectivity index (χ0) is 9.10. The minimum absolute atomic E-state index is 0. The first-order valence-corrected chi connectivity index (χ1v) is 4.76. The van der Waals surface area contributed by atoms with E-state index < -0.39 is 0 Å². The summed E-state index contributed by atoms with van der Waals surface area (Å²) in [5.41, 5.74) is 1.30. The molecule has 1 aromatic carbocycles. The topological polar surface area (TPSA) is 6.48 Å². The number of anilines is 1.